The Bertz CT molecular complexity index is 938. The van der Waals surface area contributed by atoms with Gasteiger partial charge in [-0.3, -0.25) is 4.79 Å². The molecule has 0 saturated carbocycles. The minimum Gasteiger partial charge on any atom is -0.387 e. The van der Waals surface area contributed by atoms with Crippen LogP contribution in [0.1, 0.15) is 22.8 Å². The van der Waals surface area contributed by atoms with Crippen molar-refractivity contribution < 1.29 is 9.90 Å². The van der Waals surface area contributed by atoms with Gasteiger partial charge in [-0.2, -0.15) is 0 Å². The molecule has 3 aromatic rings. The Kier molecular flexibility index (Phi) is 4.69. The highest BCUT2D eigenvalue weighted by Gasteiger charge is 2.24. The molecule has 0 bridgehead atoms. The van der Waals surface area contributed by atoms with E-state index in [1.54, 1.807) is 0 Å². The maximum Gasteiger partial charge on any atom is 0.237 e. The van der Waals surface area contributed by atoms with Crippen molar-refractivity contribution in [3.8, 4) is 0 Å². The lowest BCUT2D eigenvalue weighted by Crippen LogP contribution is -2.48. The van der Waals surface area contributed by atoms with E-state index in [2.05, 4.69) is 22.8 Å². The molecule has 3 N–H and O–H groups in total. The van der Waals surface area contributed by atoms with E-state index in [1.165, 1.54) is 11.1 Å². The summed E-state index contributed by atoms with van der Waals surface area (Å²) in [5.74, 6) is -0.0701. The molecule has 0 fully saturated rings. The van der Waals surface area contributed by atoms with Gasteiger partial charge in [0.15, 0.2) is 0 Å². The van der Waals surface area contributed by atoms with Crippen LogP contribution in [-0.4, -0.2) is 23.6 Å². The average Bonchev–Trinajstić information content (AvgIpc) is 2.71. The van der Waals surface area contributed by atoms with Gasteiger partial charge in [-0.1, -0.05) is 60.7 Å². The number of carbonyl (C=O) groups is 1. The minimum absolute atomic E-state index is 0.0701. The zero-order valence-electron chi connectivity index (χ0n) is 14.5. The highest BCUT2D eigenvalue weighted by molar-refractivity contribution is 5.83. The van der Waals surface area contributed by atoms with Crippen molar-refractivity contribution in [3.63, 3.8) is 0 Å². The molecule has 1 aliphatic heterocycles. The summed E-state index contributed by atoms with van der Waals surface area (Å²) in [6.45, 7) is 0.901. The number of rotatable bonds is 4. The topological polar surface area (TPSA) is 61.4 Å². The lowest BCUT2D eigenvalue weighted by molar-refractivity contribution is -0.123. The predicted molar refractivity (Wildman–Crippen MR) is 103 cm³/mol. The molecule has 0 radical (unpaired) electrons. The molecule has 0 aliphatic carbocycles. The summed E-state index contributed by atoms with van der Waals surface area (Å²) >= 11 is 0. The van der Waals surface area contributed by atoms with Crippen molar-refractivity contribution >= 4 is 16.7 Å². The van der Waals surface area contributed by atoms with Gasteiger partial charge in [0.2, 0.25) is 5.91 Å². The SMILES string of the molecule is O=C(NCC(O)c1ccc2ccccc2c1)C1Cc2ccccc2CN1. The number of aliphatic hydroxyl groups excluding tert-OH is 1. The van der Waals surface area contributed by atoms with E-state index in [-0.39, 0.29) is 18.5 Å². The fourth-order valence-electron chi connectivity index (χ4n) is 3.49. The van der Waals surface area contributed by atoms with Gasteiger partial charge in [0.25, 0.3) is 0 Å². The maximum absolute atomic E-state index is 12.5. The van der Waals surface area contributed by atoms with Gasteiger partial charge in [0, 0.05) is 13.1 Å². The van der Waals surface area contributed by atoms with E-state index in [1.807, 2.05) is 54.6 Å². The number of amides is 1. The molecule has 1 amide bonds. The molecule has 2 atom stereocenters. The lowest BCUT2D eigenvalue weighted by atomic mass is 9.95. The quantitative estimate of drug-likeness (QED) is 0.681. The van der Waals surface area contributed by atoms with E-state index >= 15 is 0 Å². The van der Waals surface area contributed by atoms with Crippen molar-refractivity contribution in [3.05, 3.63) is 83.4 Å². The molecule has 0 aromatic heterocycles. The zero-order chi connectivity index (χ0) is 17.9. The summed E-state index contributed by atoms with van der Waals surface area (Å²) in [6, 6.07) is 21.8. The van der Waals surface area contributed by atoms with Gasteiger partial charge in [0.05, 0.1) is 12.1 Å². The minimum atomic E-state index is -0.723. The Labute approximate surface area is 152 Å². The number of aliphatic hydroxyl groups is 1. The number of carbonyl (C=O) groups excluding carboxylic acids is 1. The highest BCUT2D eigenvalue weighted by Crippen LogP contribution is 2.20. The van der Waals surface area contributed by atoms with E-state index in [9.17, 15) is 9.90 Å². The highest BCUT2D eigenvalue weighted by atomic mass is 16.3. The largest absolute Gasteiger partial charge is 0.387 e. The zero-order valence-corrected chi connectivity index (χ0v) is 14.5. The first-order valence-electron chi connectivity index (χ1n) is 8.95. The maximum atomic E-state index is 12.5. The Hall–Kier alpha value is -2.69. The van der Waals surface area contributed by atoms with E-state index in [0.29, 0.717) is 13.0 Å². The second-order valence-corrected chi connectivity index (χ2v) is 6.77. The van der Waals surface area contributed by atoms with Crippen LogP contribution in [0.15, 0.2) is 66.7 Å². The van der Waals surface area contributed by atoms with E-state index in [4.69, 9.17) is 0 Å². The van der Waals surface area contributed by atoms with Crippen molar-refractivity contribution in [2.45, 2.75) is 25.1 Å². The molecule has 4 nitrogen and oxygen atoms in total. The monoisotopic (exact) mass is 346 g/mol. The van der Waals surface area contributed by atoms with E-state index < -0.39 is 6.10 Å². The van der Waals surface area contributed by atoms with Gasteiger partial charge in [-0.05, 0) is 39.9 Å². The van der Waals surface area contributed by atoms with Crippen LogP contribution in [0.25, 0.3) is 10.8 Å². The first-order valence-corrected chi connectivity index (χ1v) is 8.95. The second kappa shape index (κ2) is 7.28. The van der Waals surface area contributed by atoms with Crippen LogP contribution < -0.4 is 10.6 Å². The molecule has 0 saturated heterocycles. The number of nitrogens with one attached hydrogen (secondary N) is 2. The number of hydrogen-bond acceptors (Lipinski definition) is 3. The second-order valence-electron chi connectivity index (χ2n) is 6.77. The third-order valence-corrected chi connectivity index (χ3v) is 5.03. The Morgan fingerprint density at radius 3 is 2.62 bits per heavy atom. The molecule has 2 unspecified atom stereocenters. The molecular weight excluding hydrogens is 324 g/mol. The van der Waals surface area contributed by atoms with Gasteiger partial charge in [-0.15, -0.1) is 0 Å². The molecule has 3 aromatic carbocycles. The molecule has 0 spiro atoms. The smallest absolute Gasteiger partial charge is 0.237 e. The number of fused-ring (bicyclic) bond motifs is 2. The van der Waals surface area contributed by atoms with Gasteiger partial charge in [-0.25, -0.2) is 0 Å². The number of benzene rings is 3. The third kappa shape index (κ3) is 3.47. The molecule has 4 heteroatoms. The molecule has 4 rings (SSSR count). The fraction of sp³-hybridized carbons (Fsp3) is 0.227. The van der Waals surface area contributed by atoms with Crippen LogP contribution in [-0.2, 0) is 17.8 Å². The predicted octanol–water partition coefficient (Wildman–Crippen LogP) is 2.70. The van der Waals surface area contributed by atoms with Gasteiger partial charge < -0.3 is 15.7 Å². The summed E-state index contributed by atoms with van der Waals surface area (Å²) in [4.78, 5) is 12.5. The normalized spacial score (nSPS) is 17.5. The summed E-state index contributed by atoms with van der Waals surface area (Å²) in [7, 11) is 0. The summed E-state index contributed by atoms with van der Waals surface area (Å²) in [5, 5.41) is 18.8. The molecule has 1 heterocycles. The van der Waals surface area contributed by atoms with Crippen molar-refractivity contribution in [1.29, 1.82) is 0 Å². The third-order valence-electron chi connectivity index (χ3n) is 5.03. The molecule has 1 aliphatic rings. The van der Waals surface area contributed by atoms with Gasteiger partial charge in [0.1, 0.15) is 0 Å². The van der Waals surface area contributed by atoms with E-state index in [0.717, 1.165) is 16.3 Å². The standard InChI is InChI=1S/C22H22N2O2/c25-21(18-10-9-15-5-1-2-6-16(15)11-18)14-24-22(26)20-12-17-7-3-4-8-19(17)13-23-20/h1-11,20-21,23,25H,12-14H2,(H,24,26). The summed E-state index contributed by atoms with van der Waals surface area (Å²) in [5.41, 5.74) is 3.26. The molecular formula is C22H22N2O2. The van der Waals surface area contributed by atoms with Crippen LogP contribution in [0.5, 0.6) is 0 Å². The van der Waals surface area contributed by atoms with Crippen LogP contribution in [0, 0.1) is 0 Å². The van der Waals surface area contributed by atoms with Gasteiger partial charge >= 0.3 is 0 Å². The number of hydrogen-bond donors (Lipinski definition) is 3. The van der Waals surface area contributed by atoms with Crippen LogP contribution in [0.3, 0.4) is 0 Å². The van der Waals surface area contributed by atoms with Crippen molar-refractivity contribution in [2.24, 2.45) is 0 Å². The average molecular weight is 346 g/mol. The lowest BCUT2D eigenvalue weighted by Gasteiger charge is -2.25. The molecule has 26 heavy (non-hydrogen) atoms. The Morgan fingerprint density at radius 1 is 1.04 bits per heavy atom. The van der Waals surface area contributed by atoms with Crippen molar-refractivity contribution in [1.82, 2.24) is 10.6 Å². The summed E-state index contributed by atoms with van der Waals surface area (Å²) < 4.78 is 0. The van der Waals surface area contributed by atoms with Crippen molar-refractivity contribution in [2.75, 3.05) is 6.54 Å². The van der Waals surface area contributed by atoms with Crippen LogP contribution in [0.2, 0.25) is 0 Å². The Balaban J connectivity index is 1.38. The first-order chi connectivity index (χ1) is 12.7. The summed E-state index contributed by atoms with van der Waals surface area (Å²) in [6.07, 6.45) is -0.0481. The Morgan fingerprint density at radius 2 is 1.77 bits per heavy atom. The first kappa shape index (κ1) is 16.8. The fourth-order valence-corrected chi connectivity index (χ4v) is 3.49. The van der Waals surface area contributed by atoms with Crippen LogP contribution >= 0.6 is 0 Å². The van der Waals surface area contributed by atoms with Crippen LogP contribution in [0.4, 0.5) is 0 Å². The molecule has 132 valence electrons.